The summed E-state index contributed by atoms with van der Waals surface area (Å²) in [5.74, 6) is 0.400. The third-order valence-electron chi connectivity index (χ3n) is 4.30. The van der Waals surface area contributed by atoms with Crippen LogP contribution in [0, 0.1) is 18.8 Å². The predicted octanol–water partition coefficient (Wildman–Crippen LogP) is 3.93. The number of carbonyl (C=O) groups excluding carboxylic acids is 2. The van der Waals surface area contributed by atoms with E-state index in [1.807, 2.05) is 6.92 Å². The number of amides is 1. The lowest BCUT2D eigenvalue weighted by molar-refractivity contribution is 0.0767. The fourth-order valence-electron chi connectivity index (χ4n) is 2.90. The summed E-state index contributed by atoms with van der Waals surface area (Å²) in [5, 5.41) is 0.697. The molecule has 1 N–H and O–H groups in total. The molecule has 2 heterocycles. The van der Waals surface area contributed by atoms with Crippen LogP contribution in [-0.4, -0.2) is 42.0 Å². The summed E-state index contributed by atoms with van der Waals surface area (Å²) < 4.78 is 4.74. The quantitative estimate of drug-likeness (QED) is 0.843. The van der Waals surface area contributed by atoms with E-state index in [0.717, 1.165) is 6.42 Å². The third-order valence-corrected chi connectivity index (χ3v) is 5.24. The number of piperidine rings is 1. The average Bonchev–Trinajstić information content (AvgIpc) is 2.76. The van der Waals surface area contributed by atoms with E-state index in [2.05, 4.69) is 4.98 Å². The zero-order valence-corrected chi connectivity index (χ0v) is 14.4. The number of aromatic nitrogens is 1. The van der Waals surface area contributed by atoms with Gasteiger partial charge in [-0.05, 0) is 25.2 Å². The van der Waals surface area contributed by atoms with Gasteiger partial charge in [0.15, 0.2) is 5.78 Å². The van der Waals surface area contributed by atoms with E-state index in [1.165, 1.54) is 7.11 Å². The first-order chi connectivity index (χ1) is 10.3. The highest BCUT2D eigenvalue weighted by Gasteiger charge is 2.31. The number of aromatic amines is 1. The number of methoxy groups -OCH3 is 1. The number of ether oxygens (including phenoxy) is 1. The highest BCUT2D eigenvalue weighted by Crippen LogP contribution is 2.33. The lowest BCUT2D eigenvalue weighted by atomic mass is 9.83. The van der Waals surface area contributed by atoms with Crippen LogP contribution in [0.2, 0.25) is 10.0 Å². The van der Waals surface area contributed by atoms with Crippen molar-refractivity contribution in [2.75, 3.05) is 20.2 Å². The molecule has 22 heavy (non-hydrogen) atoms. The number of ketones is 1. The summed E-state index contributed by atoms with van der Waals surface area (Å²) in [4.78, 5) is 28.6. The number of nitrogens with one attached hydrogen (secondary N) is 1. The zero-order chi connectivity index (χ0) is 16.4. The highest BCUT2D eigenvalue weighted by atomic mass is 35.5. The molecule has 1 fully saturated rings. The van der Waals surface area contributed by atoms with E-state index in [0.29, 0.717) is 40.9 Å². The number of Topliss-reactive ketones (excluding diaryl/α,β-unsaturated/α-hetero) is 1. The minimum atomic E-state index is -0.313. The first-order valence-electron chi connectivity index (χ1n) is 7.24. The molecule has 0 bridgehead atoms. The van der Waals surface area contributed by atoms with Crippen LogP contribution < -0.4 is 0 Å². The number of rotatable bonds is 3. The van der Waals surface area contributed by atoms with Crippen LogP contribution in [-0.2, 0) is 4.74 Å². The Labute approximate surface area is 139 Å². The molecule has 0 spiro atoms. The molecule has 2 atom stereocenters. The summed E-state index contributed by atoms with van der Waals surface area (Å²) >= 11 is 12.1. The second kappa shape index (κ2) is 6.92. The Hall–Kier alpha value is -1.20. The van der Waals surface area contributed by atoms with Crippen LogP contribution in [0.5, 0.6) is 0 Å². The standard InChI is InChI=1S/C15H20Cl2N2O3/c1-8-7-19(15(21)22-3)5-4-10(8)6-11(20)14-13(17)12(16)9(2)18-14/h8,10,18H,4-7H2,1-3H3/t8-,10-/m0/s1. The lowest BCUT2D eigenvalue weighted by Crippen LogP contribution is -2.43. The Balaban J connectivity index is 2.01. The van der Waals surface area contributed by atoms with Crippen molar-refractivity contribution < 1.29 is 14.3 Å². The van der Waals surface area contributed by atoms with Crippen molar-refractivity contribution in [2.45, 2.75) is 26.7 Å². The molecule has 0 unspecified atom stereocenters. The summed E-state index contributed by atoms with van der Waals surface area (Å²) in [7, 11) is 1.38. The normalized spacial score (nSPS) is 21.8. The van der Waals surface area contributed by atoms with Crippen LogP contribution in [0.3, 0.4) is 0 Å². The van der Waals surface area contributed by atoms with Gasteiger partial charge in [0.2, 0.25) is 0 Å². The Morgan fingerprint density at radius 2 is 2.05 bits per heavy atom. The molecule has 0 saturated carbocycles. The smallest absolute Gasteiger partial charge is 0.409 e. The molecule has 0 aromatic carbocycles. The maximum absolute atomic E-state index is 12.4. The first kappa shape index (κ1) is 17.2. The fourth-order valence-corrected chi connectivity index (χ4v) is 3.33. The van der Waals surface area contributed by atoms with E-state index in [4.69, 9.17) is 27.9 Å². The summed E-state index contributed by atoms with van der Waals surface area (Å²) in [6, 6.07) is 0. The molecule has 5 nitrogen and oxygen atoms in total. The van der Waals surface area contributed by atoms with Crippen molar-refractivity contribution in [2.24, 2.45) is 11.8 Å². The molecule has 1 aliphatic rings. The molecule has 1 aromatic heterocycles. The predicted molar refractivity (Wildman–Crippen MR) is 85.7 cm³/mol. The van der Waals surface area contributed by atoms with E-state index in [-0.39, 0.29) is 23.7 Å². The first-order valence-corrected chi connectivity index (χ1v) is 8.00. The Morgan fingerprint density at radius 3 is 2.55 bits per heavy atom. The molecule has 1 amide bonds. The van der Waals surface area contributed by atoms with Gasteiger partial charge in [0.25, 0.3) is 0 Å². The largest absolute Gasteiger partial charge is 0.453 e. The number of carbonyl (C=O) groups is 2. The number of halogens is 2. The summed E-state index contributed by atoms with van der Waals surface area (Å²) in [6.45, 7) is 5.03. The monoisotopic (exact) mass is 346 g/mol. The van der Waals surface area contributed by atoms with Crippen LogP contribution >= 0.6 is 23.2 Å². The fraction of sp³-hybridized carbons (Fsp3) is 0.600. The second-order valence-electron chi connectivity index (χ2n) is 5.82. The number of likely N-dealkylation sites (tertiary alicyclic amines) is 1. The average molecular weight is 347 g/mol. The minimum Gasteiger partial charge on any atom is -0.453 e. The molecule has 7 heteroatoms. The van der Waals surface area contributed by atoms with Crippen LogP contribution in [0.15, 0.2) is 0 Å². The highest BCUT2D eigenvalue weighted by molar-refractivity contribution is 6.44. The van der Waals surface area contributed by atoms with Crippen molar-refractivity contribution in [1.82, 2.24) is 9.88 Å². The van der Waals surface area contributed by atoms with Gasteiger partial charge in [-0.1, -0.05) is 30.1 Å². The molecular formula is C15H20Cl2N2O3. The van der Waals surface area contributed by atoms with Gasteiger partial charge in [-0.2, -0.15) is 0 Å². The van der Waals surface area contributed by atoms with Crippen molar-refractivity contribution in [3.8, 4) is 0 Å². The molecule has 0 aliphatic carbocycles. The van der Waals surface area contributed by atoms with Gasteiger partial charge in [0.1, 0.15) is 5.69 Å². The maximum atomic E-state index is 12.4. The number of aryl methyl sites for hydroxylation is 1. The molecule has 1 saturated heterocycles. The molecule has 2 rings (SSSR count). The molecular weight excluding hydrogens is 327 g/mol. The Kier molecular flexibility index (Phi) is 5.40. The van der Waals surface area contributed by atoms with Crippen molar-refractivity contribution in [1.29, 1.82) is 0 Å². The molecule has 122 valence electrons. The van der Waals surface area contributed by atoms with Crippen molar-refractivity contribution in [3.05, 3.63) is 21.4 Å². The number of H-pyrrole nitrogens is 1. The van der Waals surface area contributed by atoms with Gasteiger partial charge in [0.05, 0.1) is 17.2 Å². The van der Waals surface area contributed by atoms with Gasteiger partial charge in [-0.25, -0.2) is 4.79 Å². The van der Waals surface area contributed by atoms with Crippen LogP contribution in [0.1, 0.15) is 35.9 Å². The van der Waals surface area contributed by atoms with Gasteiger partial charge in [0, 0.05) is 25.2 Å². The van der Waals surface area contributed by atoms with Crippen molar-refractivity contribution >= 4 is 35.1 Å². The van der Waals surface area contributed by atoms with Crippen LogP contribution in [0.4, 0.5) is 4.79 Å². The number of hydrogen-bond acceptors (Lipinski definition) is 3. The van der Waals surface area contributed by atoms with Crippen molar-refractivity contribution in [3.63, 3.8) is 0 Å². The Morgan fingerprint density at radius 1 is 1.36 bits per heavy atom. The van der Waals surface area contributed by atoms with Crippen LogP contribution in [0.25, 0.3) is 0 Å². The molecule has 1 aliphatic heterocycles. The summed E-state index contributed by atoms with van der Waals surface area (Å²) in [6.07, 6.45) is 0.852. The van der Waals surface area contributed by atoms with E-state index in [1.54, 1.807) is 11.8 Å². The number of nitrogens with zero attached hydrogens (tertiary/aromatic N) is 1. The maximum Gasteiger partial charge on any atom is 0.409 e. The topological polar surface area (TPSA) is 62.4 Å². The summed E-state index contributed by atoms with van der Waals surface area (Å²) in [5.41, 5.74) is 1.08. The minimum absolute atomic E-state index is 0.0385. The SMILES string of the molecule is COC(=O)N1CC[C@@H](CC(=O)c2[nH]c(C)c(Cl)c2Cl)[C@@H](C)C1. The number of hydrogen-bond donors (Lipinski definition) is 1. The van der Waals surface area contributed by atoms with E-state index in [9.17, 15) is 9.59 Å². The Bertz CT molecular complexity index is 586. The molecule has 0 radical (unpaired) electrons. The molecule has 1 aromatic rings. The van der Waals surface area contributed by atoms with Gasteiger partial charge < -0.3 is 14.6 Å². The second-order valence-corrected chi connectivity index (χ2v) is 6.58. The van der Waals surface area contributed by atoms with Gasteiger partial charge in [-0.3, -0.25) is 4.79 Å². The van der Waals surface area contributed by atoms with Gasteiger partial charge >= 0.3 is 6.09 Å². The third kappa shape index (κ3) is 3.41. The zero-order valence-electron chi connectivity index (χ0n) is 12.9. The van der Waals surface area contributed by atoms with E-state index >= 15 is 0 Å². The van der Waals surface area contributed by atoms with E-state index < -0.39 is 0 Å². The van der Waals surface area contributed by atoms with Gasteiger partial charge in [-0.15, -0.1) is 0 Å². The lowest BCUT2D eigenvalue weighted by Gasteiger charge is -2.35.